The van der Waals surface area contributed by atoms with E-state index in [-0.39, 0.29) is 23.6 Å². The first-order chi connectivity index (χ1) is 14.8. The maximum Gasteiger partial charge on any atom is 0.339 e. The van der Waals surface area contributed by atoms with Crippen molar-refractivity contribution >= 4 is 34.9 Å². The van der Waals surface area contributed by atoms with E-state index in [1.807, 2.05) is 6.92 Å². The average molecular weight is 426 g/mol. The van der Waals surface area contributed by atoms with Crippen LogP contribution in [0.4, 0.5) is 4.39 Å². The summed E-state index contributed by atoms with van der Waals surface area (Å²) in [6.45, 7) is 2.45. The number of hydrogen-bond donors (Lipinski definition) is 3. The molecule has 0 radical (unpaired) electrons. The Morgan fingerprint density at radius 3 is 2.55 bits per heavy atom. The van der Waals surface area contributed by atoms with Crippen molar-refractivity contribution in [1.29, 1.82) is 0 Å². The predicted molar refractivity (Wildman–Crippen MR) is 115 cm³/mol. The van der Waals surface area contributed by atoms with Crippen LogP contribution in [0.25, 0.3) is 23.1 Å². The summed E-state index contributed by atoms with van der Waals surface area (Å²) in [6, 6.07) is 8.96. The van der Waals surface area contributed by atoms with Gasteiger partial charge in [0.1, 0.15) is 23.3 Å². The van der Waals surface area contributed by atoms with Gasteiger partial charge in [-0.05, 0) is 42.4 Å². The number of rotatable bonds is 9. The van der Waals surface area contributed by atoms with Crippen LogP contribution in [-0.2, 0) is 4.79 Å². The first-order valence-corrected chi connectivity index (χ1v) is 9.63. The maximum atomic E-state index is 13.2. The highest BCUT2D eigenvalue weighted by molar-refractivity contribution is 6.03. The van der Waals surface area contributed by atoms with Crippen LogP contribution < -0.4 is 15.8 Å². The molecule has 1 atom stereocenters. The minimum atomic E-state index is -1.14. The summed E-state index contributed by atoms with van der Waals surface area (Å²) in [7, 11) is 1.39. The Bertz CT molecular complexity index is 1140. The molecule has 3 rings (SSSR count). The maximum absolute atomic E-state index is 13.2. The number of carboxylic acids is 1. The second kappa shape index (κ2) is 9.40. The number of benzene rings is 2. The van der Waals surface area contributed by atoms with Gasteiger partial charge in [0.2, 0.25) is 5.91 Å². The molecular formula is C22H23FN4O4. The van der Waals surface area contributed by atoms with Crippen LogP contribution in [0, 0.1) is 5.82 Å². The SMILES string of the molecule is CCNC(CC(N)=O)n1nc(C=Cc2ccc(F)cc2)c2c(OC)c(C(=O)O)ccc21. The standard InChI is InChI=1S/C22H23FN4O4/c1-3-25-19(12-18(24)28)27-17-11-9-15(22(29)30)21(31-2)20(17)16(26-27)10-6-13-4-7-14(23)8-5-13/h4-11,19,25H,3,12H2,1-2H3,(H2,24,28)(H,29,30). The van der Waals surface area contributed by atoms with E-state index in [2.05, 4.69) is 10.4 Å². The lowest BCUT2D eigenvalue weighted by molar-refractivity contribution is -0.119. The quantitative estimate of drug-likeness (QED) is 0.484. The number of aromatic carboxylic acids is 1. The average Bonchev–Trinajstić information content (AvgIpc) is 3.10. The van der Waals surface area contributed by atoms with Crippen molar-refractivity contribution < 1.29 is 23.8 Å². The highest BCUT2D eigenvalue weighted by Gasteiger charge is 2.24. The number of amides is 1. The number of aromatic nitrogens is 2. The number of nitrogens with one attached hydrogen (secondary N) is 1. The van der Waals surface area contributed by atoms with Gasteiger partial charge in [0.05, 0.1) is 30.1 Å². The van der Waals surface area contributed by atoms with Crippen molar-refractivity contribution in [2.75, 3.05) is 13.7 Å². The summed E-state index contributed by atoms with van der Waals surface area (Å²) >= 11 is 0. The van der Waals surface area contributed by atoms with Gasteiger partial charge in [0.25, 0.3) is 0 Å². The Kier molecular flexibility index (Phi) is 6.66. The van der Waals surface area contributed by atoms with Crippen molar-refractivity contribution in [3.63, 3.8) is 0 Å². The number of halogens is 1. The summed E-state index contributed by atoms with van der Waals surface area (Å²) in [5.74, 6) is -1.84. The molecule has 1 heterocycles. The molecule has 0 bridgehead atoms. The van der Waals surface area contributed by atoms with E-state index in [9.17, 15) is 19.1 Å². The van der Waals surface area contributed by atoms with Crippen LogP contribution in [0.3, 0.4) is 0 Å². The molecule has 0 aliphatic heterocycles. The molecular weight excluding hydrogens is 403 g/mol. The van der Waals surface area contributed by atoms with Gasteiger partial charge in [0, 0.05) is 0 Å². The molecule has 9 heteroatoms. The second-order valence-corrected chi connectivity index (χ2v) is 6.80. The molecule has 162 valence electrons. The van der Waals surface area contributed by atoms with Crippen molar-refractivity contribution in [3.8, 4) is 5.75 Å². The summed E-state index contributed by atoms with van der Waals surface area (Å²) < 4.78 is 20.2. The highest BCUT2D eigenvalue weighted by Crippen LogP contribution is 2.35. The lowest BCUT2D eigenvalue weighted by Gasteiger charge is -2.18. The van der Waals surface area contributed by atoms with E-state index in [0.717, 1.165) is 5.56 Å². The zero-order valence-corrected chi connectivity index (χ0v) is 17.1. The Morgan fingerprint density at radius 2 is 1.97 bits per heavy atom. The lowest BCUT2D eigenvalue weighted by Crippen LogP contribution is -2.31. The highest BCUT2D eigenvalue weighted by atomic mass is 19.1. The number of carboxylic acid groups (broad SMARTS) is 1. The van der Waals surface area contributed by atoms with Crippen molar-refractivity contribution in [2.24, 2.45) is 5.73 Å². The van der Waals surface area contributed by atoms with Crippen molar-refractivity contribution in [1.82, 2.24) is 15.1 Å². The normalized spacial score (nSPS) is 12.4. The van der Waals surface area contributed by atoms with Crippen LogP contribution >= 0.6 is 0 Å². The van der Waals surface area contributed by atoms with E-state index < -0.39 is 18.0 Å². The third-order valence-electron chi connectivity index (χ3n) is 4.72. The molecule has 0 aliphatic carbocycles. The van der Waals surface area contributed by atoms with Crippen LogP contribution in [-0.4, -0.2) is 40.4 Å². The van der Waals surface area contributed by atoms with Gasteiger partial charge in [-0.3, -0.25) is 10.1 Å². The number of nitrogens with zero attached hydrogens (tertiary/aromatic N) is 2. The third kappa shape index (κ3) is 4.72. The minimum Gasteiger partial charge on any atom is -0.495 e. The van der Waals surface area contributed by atoms with Crippen LogP contribution in [0.1, 0.15) is 41.1 Å². The van der Waals surface area contributed by atoms with Crippen molar-refractivity contribution in [2.45, 2.75) is 19.5 Å². The number of nitrogens with two attached hydrogens (primary N) is 1. The Balaban J connectivity index is 2.22. The van der Waals surface area contributed by atoms with Gasteiger partial charge in [-0.15, -0.1) is 0 Å². The Hall–Kier alpha value is -3.72. The fraction of sp³-hybridized carbons (Fsp3) is 0.227. The number of carbonyl (C=O) groups excluding carboxylic acids is 1. The number of methoxy groups -OCH3 is 1. The molecule has 0 saturated heterocycles. The van der Waals surface area contributed by atoms with Crippen molar-refractivity contribution in [3.05, 3.63) is 59.0 Å². The fourth-order valence-corrected chi connectivity index (χ4v) is 3.39. The lowest BCUT2D eigenvalue weighted by atomic mass is 10.1. The smallest absolute Gasteiger partial charge is 0.339 e. The number of ether oxygens (including phenoxy) is 1. The molecule has 2 aromatic carbocycles. The Morgan fingerprint density at radius 1 is 1.26 bits per heavy atom. The molecule has 0 spiro atoms. The van der Waals surface area contributed by atoms with Crippen LogP contribution in [0.15, 0.2) is 36.4 Å². The Labute approximate surface area is 178 Å². The van der Waals surface area contributed by atoms with E-state index in [1.165, 1.54) is 25.3 Å². The van der Waals surface area contributed by atoms with E-state index in [0.29, 0.717) is 23.1 Å². The second-order valence-electron chi connectivity index (χ2n) is 6.80. The molecule has 1 aromatic heterocycles. The van der Waals surface area contributed by atoms with Gasteiger partial charge in [-0.25, -0.2) is 13.9 Å². The summed E-state index contributed by atoms with van der Waals surface area (Å²) in [6.07, 6.45) is 2.88. The first-order valence-electron chi connectivity index (χ1n) is 9.63. The molecule has 3 aromatic rings. The predicted octanol–water partition coefficient (Wildman–Crippen LogP) is 3.04. The molecule has 31 heavy (non-hydrogen) atoms. The van der Waals surface area contributed by atoms with Gasteiger partial charge < -0.3 is 15.6 Å². The zero-order valence-electron chi connectivity index (χ0n) is 17.1. The van der Waals surface area contributed by atoms with Gasteiger partial charge in [-0.2, -0.15) is 5.10 Å². The van der Waals surface area contributed by atoms with Crippen LogP contribution in [0.5, 0.6) is 5.75 Å². The third-order valence-corrected chi connectivity index (χ3v) is 4.72. The monoisotopic (exact) mass is 426 g/mol. The number of fused-ring (bicyclic) bond motifs is 1. The topological polar surface area (TPSA) is 119 Å². The van der Waals surface area contributed by atoms with E-state index in [1.54, 1.807) is 35.0 Å². The van der Waals surface area contributed by atoms with Gasteiger partial charge in [0.15, 0.2) is 0 Å². The molecule has 8 nitrogen and oxygen atoms in total. The van der Waals surface area contributed by atoms with E-state index >= 15 is 0 Å². The zero-order chi connectivity index (χ0) is 22.5. The summed E-state index contributed by atoms with van der Waals surface area (Å²) in [4.78, 5) is 23.3. The van der Waals surface area contributed by atoms with Gasteiger partial charge in [-0.1, -0.05) is 25.1 Å². The molecule has 0 saturated carbocycles. The largest absolute Gasteiger partial charge is 0.495 e. The molecule has 4 N–H and O–H groups in total. The number of primary amides is 1. The molecule has 0 aliphatic rings. The van der Waals surface area contributed by atoms with Crippen LogP contribution in [0.2, 0.25) is 0 Å². The minimum absolute atomic E-state index is 0.00522. The number of hydrogen-bond acceptors (Lipinski definition) is 5. The molecule has 1 amide bonds. The fourth-order valence-electron chi connectivity index (χ4n) is 3.39. The first kappa shape index (κ1) is 22.0. The number of carbonyl (C=O) groups is 2. The summed E-state index contributed by atoms with van der Waals surface area (Å²) in [5, 5.41) is 17.8. The van der Waals surface area contributed by atoms with Gasteiger partial charge >= 0.3 is 5.97 Å². The molecule has 1 unspecified atom stereocenters. The molecule has 0 fully saturated rings. The summed E-state index contributed by atoms with van der Waals surface area (Å²) in [5.41, 5.74) is 7.15. The van der Waals surface area contributed by atoms with E-state index in [4.69, 9.17) is 10.5 Å².